The first-order chi connectivity index (χ1) is 9.28. The third kappa shape index (κ3) is 2.42. The Morgan fingerprint density at radius 3 is 2.89 bits per heavy atom. The molecule has 0 aliphatic carbocycles. The van der Waals surface area contributed by atoms with E-state index in [1.54, 1.807) is 6.07 Å². The van der Waals surface area contributed by atoms with E-state index >= 15 is 0 Å². The summed E-state index contributed by atoms with van der Waals surface area (Å²) < 4.78 is 10.4. The highest BCUT2D eigenvalue weighted by Crippen LogP contribution is 2.24. The zero-order valence-electron chi connectivity index (χ0n) is 10.5. The number of rotatable bonds is 3. The molecule has 19 heavy (non-hydrogen) atoms. The van der Waals surface area contributed by atoms with E-state index in [0.29, 0.717) is 24.3 Å². The lowest BCUT2D eigenvalue weighted by Crippen LogP contribution is -2.40. The molecule has 3 rings (SSSR count). The van der Waals surface area contributed by atoms with E-state index in [-0.39, 0.29) is 12.6 Å². The fourth-order valence-electron chi connectivity index (χ4n) is 2.49. The first-order valence-electron chi connectivity index (χ1n) is 6.33. The summed E-state index contributed by atoms with van der Waals surface area (Å²) in [6.07, 6.45) is 0. The molecule has 0 saturated carbocycles. The molecule has 0 amide bonds. The van der Waals surface area contributed by atoms with Gasteiger partial charge in [-0.05, 0) is 17.7 Å². The van der Waals surface area contributed by atoms with Crippen LogP contribution in [-0.2, 0) is 4.74 Å². The minimum absolute atomic E-state index is 0.0279. The lowest BCUT2D eigenvalue weighted by atomic mass is 10.1. The number of aromatic amines is 1. The van der Waals surface area contributed by atoms with Gasteiger partial charge in [0.25, 0.3) is 0 Å². The number of hydrogen-bond acceptors (Lipinski definition) is 5. The van der Waals surface area contributed by atoms with Crippen molar-refractivity contribution in [2.75, 3.05) is 32.9 Å². The number of aliphatic hydroxyl groups excluding tert-OH is 1. The largest absolute Gasteiger partial charge is 0.417 e. The molecule has 1 aliphatic heterocycles. The maximum atomic E-state index is 11.1. The molecule has 2 N–H and O–H groups in total. The van der Waals surface area contributed by atoms with Crippen LogP contribution in [-0.4, -0.2) is 47.9 Å². The summed E-state index contributed by atoms with van der Waals surface area (Å²) in [5.41, 5.74) is 2.14. The molecule has 2 heterocycles. The molecule has 102 valence electrons. The highest BCUT2D eigenvalue weighted by Gasteiger charge is 2.22. The Labute approximate surface area is 109 Å². The molecule has 0 radical (unpaired) electrons. The van der Waals surface area contributed by atoms with Gasteiger partial charge in [0.1, 0.15) is 0 Å². The quantitative estimate of drug-likeness (QED) is 0.843. The van der Waals surface area contributed by atoms with Crippen LogP contribution < -0.4 is 5.76 Å². The zero-order chi connectivity index (χ0) is 13.2. The summed E-state index contributed by atoms with van der Waals surface area (Å²) >= 11 is 0. The molecule has 6 nitrogen and oxygen atoms in total. The molecule has 1 fully saturated rings. The first-order valence-corrected chi connectivity index (χ1v) is 6.33. The molecule has 1 aromatic carbocycles. The van der Waals surface area contributed by atoms with E-state index in [9.17, 15) is 9.90 Å². The number of oxazole rings is 1. The van der Waals surface area contributed by atoms with Crippen molar-refractivity contribution < 1.29 is 14.3 Å². The number of benzene rings is 1. The number of hydrogen-bond donors (Lipinski definition) is 2. The number of fused-ring (bicyclic) bond motifs is 1. The van der Waals surface area contributed by atoms with Crippen molar-refractivity contribution in [2.45, 2.75) is 6.04 Å². The third-order valence-electron chi connectivity index (χ3n) is 3.49. The Hall–Kier alpha value is -1.63. The van der Waals surface area contributed by atoms with Crippen LogP contribution in [0.3, 0.4) is 0 Å². The highest BCUT2D eigenvalue weighted by molar-refractivity contribution is 5.72. The summed E-state index contributed by atoms with van der Waals surface area (Å²) in [6.45, 7) is 2.97. The van der Waals surface area contributed by atoms with Gasteiger partial charge in [0.2, 0.25) is 0 Å². The van der Waals surface area contributed by atoms with Crippen LogP contribution in [0.15, 0.2) is 27.4 Å². The van der Waals surface area contributed by atoms with Gasteiger partial charge >= 0.3 is 5.76 Å². The van der Waals surface area contributed by atoms with E-state index in [4.69, 9.17) is 9.15 Å². The first kappa shape index (κ1) is 12.4. The molecular weight excluding hydrogens is 248 g/mol. The standard InChI is InChI=1S/C13H16N2O4/c16-8-11(15-3-5-18-6-4-15)9-1-2-10-12(7-9)19-13(17)14-10/h1-2,7,11,16H,3-6,8H2,(H,14,17). The Morgan fingerprint density at radius 1 is 1.37 bits per heavy atom. The van der Waals surface area contributed by atoms with Crippen LogP contribution in [0.2, 0.25) is 0 Å². The average molecular weight is 264 g/mol. The van der Waals surface area contributed by atoms with Crippen molar-refractivity contribution in [3.8, 4) is 0 Å². The van der Waals surface area contributed by atoms with Crippen LogP contribution >= 0.6 is 0 Å². The van der Waals surface area contributed by atoms with Crippen molar-refractivity contribution >= 4 is 11.1 Å². The van der Waals surface area contributed by atoms with Crippen LogP contribution in [0.25, 0.3) is 11.1 Å². The predicted molar refractivity (Wildman–Crippen MR) is 69.1 cm³/mol. The molecule has 0 bridgehead atoms. The lowest BCUT2D eigenvalue weighted by molar-refractivity contribution is 0.00261. The maximum absolute atomic E-state index is 11.1. The molecule has 1 atom stereocenters. The summed E-state index contributed by atoms with van der Waals surface area (Å²) in [6, 6.07) is 5.43. The number of aliphatic hydroxyl groups is 1. The van der Waals surface area contributed by atoms with Crippen LogP contribution in [0.4, 0.5) is 0 Å². The molecule has 2 aromatic rings. The van der Waals surface area contributed by atoms with E-state index in [2.05, 4.69) is 9.88 Å². The zero-order valence-corrected chi connectivity index (χ0v) is 10.5. The monoisotopic (exact) mass is 264 g/mol. The molecule has 1 aliphatic rings. The molecular formula is C13H16N2O4. The minimum Gasteiger partial charge on any atom is -0.408 e. The van der Waals surface area contributed by atoms with Crippen molar-refractivity contribution in [2.24, 2.45) is 0 Å². The number of nitrogens with zero attached hydrogens (tertiary/aromatic N) is 1. The van der Waals surface area contributed by atoms with Gasteiger partial charge in [-0.25, -0.2) is 4.79 Å². The summed E-state index contributed by atoms with van der Waals surface area (Å²) in [4.78, 5) is 15.9. The molecule has 6 heteroatoms. The van der Waals surface area contributed by atoms with Crippen LogP contribution in [0.5, 0.6) is 0 Å². The van der Waals surface area contributed by atoms with E-state index in [0.717, 1.165) is 18.7 Å². The number of ether oxygens (including phenoxy) is 1. The normalized spacial score (nSPS) is 18.8. The predicted octanol–water partition coefficient (Wildman–Crippen LogP) is 0.487. The SMILES string of the molecule is O=c1[nH]c2ccc(C(CO)N3CCOCC3)cc2o1. The van der Waals surface area contributed by atoms with Crippen LogP contribution in [0.1, 0.15) is 11.6 Å². The fraction of sp³-hybridized carbons (Fsp3) is 0.462. The Balaban J connectivity index is 1.93. The van der Waals surface area contributed by atoms with Gasteiger partial charge in [-0.2, -0.15) is 0 Å². The number of H-pyrrole nitrogens is 1. The second-order valence-electron chi connectivity index (χ2n) is 4.62. The van der Waals surface area contributed by atoms with Gasteiger partial charge < -0.3 is 14.3 Å². The average Bonchev–Trinajstić information content (AvgIpc) is 2.80. The van der Waals surface area contributed by atoms with Crippen molar-refractivity contribution in [3.63, 3.8) is 0 Å². The Morgan fingerprint density at radius 2 is 2.16 bits per heavy atom. The Kier molecular flexibility index (Phi) is 3.37. The lowest BCUT2D eigenvalue weighted by Gasteiger charge is -2.33. The second kappa shape index (κ2) is 5.16. The van der Waals surface area contributed by atoms with Gasteiger partial charge in [-0.1, -0.05) is 6.07 Å². The third-order valence-corrected chi connectivity index (χ3v) is 3.49. The van der Waals surface area contributed by atoms with Gasteiger partial charge in [0, 0.05) is 13.1 Å². The fourth-order valence-corrected chi connectivity index (χ4v) is 2.49. The summed E-state index contributed by atoms with van der Waals surface area (Å²) in [7, 11) is 0. The van der Waals surface area contributed by atoms with E-state index in [1.807, 2.05) is 12.1 Å². The molecule has 1 saturated heterocycles. The minimum atomic E-state index is -0.459. The molecule has 1 aromatic heterocycles. The van der Waals surface area contributed by atoms with Crippen molar-refractivity contribution in [3.05, 3.63) is 34.3 Å². The van der Waals surface area contributed by atoms with Crippen molar-refractivity contribution in [1.29, 1.82) is 0 Å². The van der Waals surface area contributed by atoms with Crippen LogP contribution in [0, 0.1) is 0 Å². The van der Waals surface area contributed by atoms with Gasteiger partial charge in [-0.3, -0.25) is 9.88 Å². The van der Waals surface area contributed by atoms with Gasteiger partial charge in [0.15, 0.2) is 5.58 Å². The number of aromatic nitrogens is 1. The second-order valence-corrected chi connectivity index (χ2v) is 4.62. The Bertz CT molecular complexity index is 612. The van der Waals surface area contributed by atoms with E-state index < -0.39 is 5.76 Å². The molecule has 0 spiro atoms. The van der Waals surface area contributed by atoms with Gasteiger partial charge in [0.05, 0.1) is 31.4 Å². The molecule has 1 unspecified atom stereocenters. The smallest absolute Gasteiger partial charge is 0.408 e. The van der Waals surface area contributed by atoms with E-state index in [1.165, 1.54) is 0 Å². The highest BCUT2D eigenvalue weighted by atomic mass is 16.5. The number of nitrogens with one attached hydrogen (secondary N) is 1. The maximum Gasteiger partial charge on any atom is 0.417 e. The summed E-state index contributed by atoms with van der Waals surface area (Å²) in [5.74, 6) is -0.459. The van der Waals surface area contributed by atoms with Crippen molar-refractivity contribution in [1.82, 2.24) is 9.88 Å². The number of morpholine rings is 1. The summed E-state index contributed by atoms with van der Waals surface area (Å²) in [5, 5.41) is 9.63. The van der Waals surface area contributed by atoms with Gasteiger partial charge in [-0.15, -0.1) is 0 Å². The topological polar surface area (TPSA) is 78.7 Å².